The predicted molar refractivity (Wildman–Crippen MR) is 80.6 cm³/mol. The molecule has 2 rings (SSSR count). The summed E-state index contributed by atoms with van der Waals surface area (Å²) in [6, 6.07) is 4.90. The normalized spacial score (nSPS) is 20.2. The third-order valence-corrected chi connectivity index (χ3v) is 4.07. The van der Waals surface area contributed by atoms with Gasteiger partial charge in [0.05, 0.1) is 16.5 Å². The number of carboxylic acid groups (broad SMARTS) is 1. The molecule has 9 heteroatoms. The van der Waals surface area contributed by atoms with Crippen LogP contribution in [-0.2, 0) is 9.59 Å². The van der Waals surface area contributed by atoms with Crippen LogP contribution < -0.4 is 10.4 Å². The molecule has 6 nitrogen and oxygen atoms in total. The first kappa shape index (κ1) is 15.8. The number of amidine groups is 1. The van der Waals surface area contributed by atoms with Crippen LogP contribution in [0.25, 0.3) is 0 Å². The Kier molecular flexibility index (Phi) is 5.22. The highest BCUT2D eigenvalue weighted by Gasteiger charge is 2.30. The van der Waals surface area contributed by atoms with E-state index in [-0.39, 0.29) is 11.6 Å². The number of hydrogen-bond acceptors (Lipinski definition) is 6. The third-order valence-electron chi connectivity index (χ3n) is 2.44. The number of halogens is 2. The van der Waals surface area contributed by atoms with Crippen molar-refractivity contribution in [3.8, 4) is 0 Å². The Morgan fingerprint density at radius 1 is 1.48 bits per heavy atom. The summed E-state index contributed by atoms with van der Waals surface area (Å²) in [5, 5.41) is 20.9. The fraction of sp³-hybridized carbons (Fsp3) is 0.167. The van der Waals surface area contributed by atoms with Gasteiger partial charge in [-0.2, -0.15) is 5.10 Å². The van der Waals surface area contributed by atoms with E-state index >= 15 is 0 Å². The largest absolute Gasteiger partial charge is 0.550 e. The molecule has 0 unspecified atom stereocenters. The summed E-state index contributed by atoms with van der Waals surface area (Å²) in [6.07, 6.45) is 1.03. The summed E-state index contributed by atoms with van der Waals surface area (Å²) >= 11 is 12.7. The van der Waals surface area contributed by atoms with Crippen LogP contribution in [0.2, 0.25) is 10.0 Å². The molecule has 1 heterocycles. The Morgan fingerprint density at radius 2 is 2.24 bits per heavy atom. The lowest BCUT2D eigenvalue weighted by atomic mass is 10.2. The average molecular weight is 345 g/mol. The summed E-state index contributed by atoms with van der Waals surface area (Å²) in [6.45, 7) is 0. The standard InChI is InChI=1S/C12H9Cl2N3O3S/c13-7-2-1-6(8(14)3-7)5-15-17-12-16-11(20)9(21-12)4-10(18)19/h1-3,5,9H,4H2,(H,18,19)(H,16,17,20)/p-1/b15-5-/t9-/m1/s1. The smallest absolute Gasteiger partial charge is 0.239 e. The molecule has 0 bridgehead atoms. The van der Waals surface area contributed by atoms with Gasteiger partial charge >= 0.3 is 0 Å². The van der Waals surface area contributed by atoms with Crippen LogP contribution in [0.3, 0.4) is 0 Å². The maximum absolute atomic E-state index is 11.5. The van der Waals surface area contributed by atoms with E-state index in [9.17, 15) is 14.7 Å². The number of benzene rings is 1. The quantitative estimate of drug-likeness (QED) is 0.652. The lowest BCUT2D eigenvalue weighted by Gasteiger charge is -2.04. The number of carbonyl (C=O) groups excluding carboxylic acids is 2. The van der Waals surface area contributed by atoms with Crippen molar-refractivity contribution in [3.63, 3.8) is 0 Å². The zero-order chi connectivity index (χ0) is 15.4. The van der Waals surface area contributed by atoms with Gasteiger partial charge in [0.15, 0.2) is 5.17 Å². The molecular formula is C12H8Cl2N3O3S-. The number of hydrogen-bond donors (Lipinski definition) is 1. The Balaban J connectivity index is 2.03. The van der Waals surface area contributed by atoms with Crippen LogP contribution in [0.1, 0.15) is 12.0 Å². The first-order chi connectivity index (χ1) is 9.95. The van der Waals surface area contributed by atoms with Gasteiger partial charge in [-0.25, -0.2) is 0 Å². The maximum atomic E-state index is 11.5. The predicted octanol–water partition coefficient (Wildman–Crippen LogP) is 1.05. The maximum Gasteiger partial charge on any atom is 0.239 e. The molecule has 0 spiro atoms. The third kappa shape index (κ3) is 4.45. The summed E-state index contributed by atoms with van der Waals surface area (Å²) < 4.78 is 0. The van der Waals surface area contributed by atoms with Crippen molar-refractivity contribution in [2.45, 2.75) is 11.7 Å². The lowest BCUT2D eigenvalue weighted by molar-refractivity contribution is -0.305. The zero-order valence-corrected chi connectivity index (χ0v) is 12.7. The van der Waals surface area contributed by atoms with Gasteiger partial charge in [0.1, 0.15) is 0 Å². The summed E-state index contributed by atoms with van der Waals surface area (Å²) in [7, 11) is 0. The van der Waals surface area contributed by atoms with Crippen LogP contribution in [0.5, 0.6) is 0 Å². The van der Waals surface area contributed by atoms with Crippen LogP contribution >= 0.6 is 35.0 Å². The molecule has 21 heavy (non-hydrogen) atoms. The van der Waals surface area contributed by atoms with Crippen molar-refractivity contribution in [2.24, 2.45) is 10.2 Å². The highest BCUT2D eigenvalue weighted by Crippen LogP contribution is 2.22. The Hall–Kier alpha value is -1.57. The Labute approximate surface area is 134 Å². The molecule has 0 radical (unpaired) electrons. The molecule has 1 aliphatic heterocycles. The summed E-state index contributed by atoms with van der Waals surface area (Å²) in [4.78, 5) is 21.9. The highest BCUT2D eigenvalue weighted by molar-refractivity contribution is 8.15. The summed E-state index contributed by atoms with van der Waals surface area (Å²) in [5.41, 5.74) is 0.617. The lowest BCUT2D eigenvalue weighted by Crippen LogP contribution is -2.31. The Morgan fingerprint density at radius 3 is 2.90 bits per heavy atom. The molecule has 0 aliphatic carbocycles. The van der Waals surface area contributed by atoms with Crippen molar-refractivity contribution in [3.05, 3.63) is 33.8 Å². The van der Waals surface area contributed by atoms with Crippen LogP contribution in [0, 0.1) is 0 Å². The number of amides is 1. The number of carboxylic acids is 1. The Bertz CT molecular complexity index is 649. The molecule has 1 saturated heterocycles. The van der Waals surface area contributed by atoms with Crippen molar-refractivity contribution in [1.29, 1.82) is 0 Å². The number of nitrogens with one attached hydrogen (secondary N) is 1. The van der Waals surface area contributed by atoms with E-state index in [4.69, 9.17) is 23.2 Å². The molecule has 1 atom stereocenters. The van der Waals surface area contributed by atoms with E-state index in [0.717, 1.165) is 11.8 Å². The first-order valence-corrected chi connectivity index (χ1v) is 7.32. The number of thioether (sulfide) groups is 1. The molecule has 0 saturated carbocycles. The van der Waals surface area contributed by atoms with E-state index in [0.29, 0.717) is 15.6 Å². The fourth-order valence-electron chi connectivity index (χ4n) is 1.49. The van der Waals surface area contributed by atoms with Gasteiger partial charge < -0.3 is 15.2 Å². The van der Waals surface area contributed by atoms with Gasteiger partial charge in [-0.05, 0) is 12.1 Å². The molecule has 1 fully saturated rings. The first-order valence-electron chi connectivity index (χ1n) is 5.69. The topological polar surface area (TPSA) is 93.9 Å². The van der Waals surface area contributed by atoms with Crippen LogP contribution in [0.4, 0.5) is 0 Å². The van der Waals surface area contributed by atoms with Gasteiger partial charge in [0.2, 0.25) is 5.91 Å². The van der Waals surface area contributed by atoms with E-state index in [1.165, 1.54) is 6.21 Å². The summed E-state index contributed by atoms with van der Waals surface area (Å²) in [5.74, 6) is -1.72. The molecule has 1 amide bonds. The molecule has 1 N–H and O–H groups in total. The number of carbonyl (C=O) groups is 2. The van der Waals surface area contributed by atoms with Crippen LogP contribution in [-0.4, -0.2) is 28.5 Å². The van der Waals surface area contributed by atoms with Crippen molar-refractivity contribution >= 4 is 58.2 Å². The molecular weight excluding hydrogens is 337 g/mol. The van der Waals surface area contributed by atoms with E-state index < -0.39 is 17.1 Å². The minimum Gasteiger partial charge on any atom is -0.550 e. The molecule has 1 aromatic rings. The van der Waals surface area contributed by atoms with Crippen molar-refractivity contribution in [1.82, 2.24) is 5.32 Å². The zero-order valence-electron chi connectivity index (χ0n) is 10.4. The van der Waals surface area contributed by atoms with E-state index in [1.54, 1.807) is 18.2 Å². The molecule has 1 aliphatic rings. The molecule has 0 aromatic heterocycles. The molecule has 110 valence electrons. The van der Waals surface area contributed by atoms with Crippen molar-refractivity contribution < 1.29 is 14.7 Å². The number of nitrogens with zero attached hydrogens (tertiary/aromatic N) is 2. The van der Waals surface area contributed by atoms with E-state index in [2.05, 4.69) is 15.5 Å². The van der Waals surface area contributed by atoms with Gasteiger partial charge in [-0.15, -0.1) is 5.10 Å². The monoisotopic (exact) mass is 344 g/mol. The molecule has 1 aromatic carbocycles. The highest BCUT2D eigenvalue weighted by atomic mass is 35.5. The van der Waals surface area contributed by atoms with Gasteiger partial charge in [-0.3, -0.25) is 4.79 Å². The van der Waals surface area contributed by atoms with E-state index in [1.807, 2.05) is 0 Å². The van der Waals surface area contributed by atoms with Crippen molar-refractivity contribution in [2.75, 3.05) is 0 Å². The van der Waals surface area contributed by atoms with Gasteiger partial charge in [0.25, 0.3) is 0 Å². The fourth-order valence-corrected chi connectivity index (χ4v) is 2.85. The minimum absolute atomic E-state index is 0.229. The minimum atomic E-state index is -1.29. The number of aliphatic carboxylic acids is 1. The van der Waals surface area contributed by atoms with Crippen LogP contribution in [0.15, 0.2) is 28.4 Å². The second kappa shape index (κ2) is 6.93. The van der Waals surface area contributed by atoms with Gasteiger partial charge in [0, 0.05) is 23.0 Å². The second-order valence-corrected chi connectivity index (χ2v) is 6.02. The SMILES string of the molecule is O=C([O-])C[C@H]1S/C(=N\N=C/c2ccc(Cl)cc2Cl)NC1=O. The van der Waals surface area contributed by atoms with Gasteiger partial charge in [-0.1, -0.05) is 41.0 Å². The average Bonchev–Trinajstić information content (AvgIpc) is 2.72. The second-order valence-electron chi connectivity index (χ2n) is 3.99. The number of rotatable bonds is 4.